The number of aromatic amines is 1. The number of hydrogen-bond acceptors (Lipinski definition) is 7. The zero-order chi connectivity index (χ0) is 17.1. The molecule has 0 atom stereocenters. The molecule has 0 aliphatic heterocycles. The number of aromatic nitrogens is 5. The number of hydrogen-bond donors (Lipinski definition) is 2. The van der Waals surface area contributed by atoms with Crippen LogP contribution in [0.3, 0.4) is 0 Å². The van der Waals surface area contributed by atoms with Gasteiger partial charge >= 0.3 is 0 Å². The largest absolute Gasteiger partial charge is 0.300 e. The van der Waals surface area contributed by atoms with E-state index in [0.717, 1.165) is 15.7 Å². The average molecular weight is 381 g/mol. The third-order valence-corrected chi connectivity index (χ3v) is 5.56. The van der Waals surface area contributed by atoms with E-state index < -0.39 is 0 Å². The number of nitrogens with one attached hydrogen (secondary N) is 2. The molecule has 0 radical (unpaired) electrons. The van der Waals surface area contributed by atoms with E-state index in [2.05, 4.69) is 25.7 Å². The van der Waals surface area contributed by atoms with E-state index in [-0.39, 0.29) is 12.3 Å². The molecule has 3 rings (SSSR count). The van der Waals surface area contributed by atoms with Gasteiger partial charge in [-0.1, -0.05) is 31.3 Å². The van der Waals surface area contributed by atoms with Gasteiger partial charge in [-0.15, -0.1) is 21.5 Å². The van der Waals surface area contributed by atoms with Crippen LogP contribution in [0.2, 0.25) is 0 Å². The van der Waals surface area contributed by atoms with E-state index in [4.69, 9.17) is 12.2 Å². The molecule has 0 aliphatic rings. The monoisotopic (exact) mass is 380 g/mol. The number of H-pyrrole nitrogens is 1. The lowest BCUT2D eigenvalue weighted by Crippen LogP contribution is -2.15. The number of carbonyl (C=O) groups is 1. The summed E-state index contributed by atoms with van der Waals surface area (Å²) in [7, 11) is 0. The zero-order valence-electron chi connectivity index (χ0n) is 13.1. The van der Waals surface area contributed by atoms with Gasteiger partial charge in [-0.05, 0) is 23.7 Å². The van der Waals surface area contributed by atoms with Gasteiger partial charge in [0.1, 0.15) is 5.01 Å². The Morgan fingerprint density at radius 3 is 2.96 bits per heavy atom. The van der Waals surface area contributed by atoms with Crippen molar-refractivity contribution in [3.05, 3.63) is 27.3 Å². The Labute approximate surface area is 151 Å². The van der Waals surface area contributed by atoms with Gasteiger partial charge in [0.2, 0.25) is 11.0 Å². The Hall–Kier alpha value is -1.91. The maximum absolute atomic E-state index is 12.1. The molecule has 1 amide bonds. The first-order chi connectivity index (χ1) is 11.5. The minimum Gasteiger partial charge on any atom is -0.300 e. The lowest BCUT2D eigenvalue weighted by molar-refractivity contribution is -0.116. The van der Waals surface area contributed by atoms with Crippen molar-refractivity contribution in [2.75, 3.05) is 5.32 Å². The summed E-state index contributed by atoms with van der Waals surface area (Å²) in [5.74, 6) is 0.924. The first-order valence-electron chi connectivity index (χ1n) is 7.37. The molecule has 3 aromatic heterocycles. The van der Waals surface area contributed by atoms with E-state index in [0.29, 0.717) is 22.4 Å². The molecular formula is C14H16N6OS3. The van der Waals surface area contributed by atoms with Gasteiger partial charge < -0.3 is 5.32 Å². The average Bonchev–Trinajstić information content (AvgIpc) is 3.25. The molecule has 2 N–H and O–H groups in total. The van der Waals surface area contributed by atoms with Crippen LogP contribution in [0.15, 0.2) is 17.5 Å². The van der Waals surface area contributed by atoms with Crippen LogP contribution in [0.4, 0.5) is 5.13 Å². The highest BCUT2D eigenvalue weighted by molar-refractivity contribution is 7.71. The zero-order valence-corrected chi connectivity index (χ0v) is 15.6. The van der Waals surface area contributed by atoms with Gasteiger partial charge in [0, 0.05) is 18.9 Å². The summed E-state index contributed by atoms with van der Waals surface area (Å²) in [5, 5.41) is 21.3. The highest BCUT2D eigenvalue weighted by Gasteiger charge is 2.13. The van der Waals surface area contributed by atoms with Gasteiger partial charge in [0.15, 0.2) is 10.6 Å². The molecule has 0 aliphatic carbocycles. The molecule has 0 saturated heterocycles. The summed E-state index contributed by atoms with van der Waals surface area (Å²) >= 11 is 8.24. The standard InChI is InChI=1S/C14H16N6OS3/c1-8(2)12-17-18-13(24-12)15-10(21)5-6-20-11(16-19-14(20)22)9-4-3-7-23-9/h3-4,7-8H,5-6H2,1-2H3,(H,19,22)(H,15,18,21). The van der Waals surface area contributed by atoms with Crippen molar-refractivity contribution in [2.45, 2.75) is 32.7 Å². The molecule has 0 aromatic carbocycles. The Kier molecular flexibility index (Phi) is 5.17. The molecule has 10 heteroatoms. The van der Waals surface area contributed by atoms with E-state index in [1.54, 1.807) is 11.3 Å². The lowest BCUT2D eigenvalue weighted by Gasteiger charge is -2.05. The van der Waals surface area contributed by atoms with Gasteiger partial charge in [-0.3, -0.25) is 14.5 Å². The Bertz CT molecular complexity index is 877. The van der Waals surface area contributed by atoms with Crippen molar-refractivity contribution < 1.29 is 4.79 Å². The first kappa shape index (κ1) is 16.9. The van der Waals surface area contributed by atoms with Crippen LogP contribution >= 0.6 is 34.9 Å². The summed E-state index contributed by atoms with van der Waals surface area (Å²) in [6.45, 7) is 4.53. The van der Waals surface area contributed by atoms with Crippen LogP contribution in [0.25, 0.3) is 10.7 Å². The van der Waals surface area contributed by atoms with Crippen molar-refractivity contribution in [3.63, 3.8) is 0 Å². The van der Waals surface area contributed by atoms with Crippen molar-refractivity contribution in [2.24, 2.45) is 0 Å². The fraction of sp³-hybridized carbons (Fsp3) is 0.357. The van der Waals surface area contributed by atoms with Crippen LogP contribution in [0.5, 0.6) is 0 Å². The summed E-state index contributed by atoms with van der Waals surface area (Å²) in [4.78, 5) is 13.2. The third-order valence-electron chi connectivity index (χ3n) is 3.24. The highest BCUT2D eigenvalue weighted by atomic mass is 32.1. The second kappa shape index (κ2) is 7.32. The van der Waals surface area contributed by atoms with E-state index in [1.807, 2.05) is 35.9 Å². The minimum absolute atomic E-state index is 0.123. The maximum Gasteiger partial charge on any atom is 0.227 e. The molecule has 3 aromatic rings. The second-order valence-electron chi connectivity index (χ2n) is 5.38. The molecule has 24 heavy (non-hydrogen) atoms. The Balaban J connectivity index is 1.64. The SMILES string of the molecule is CC(C)c1nnc(NC(=O)CCn2c(-c3cccs3)n[nH]c2=S)s1. The second-order valence-corrected chi connectivity index (χ2v) is 7.72. The predicted octanol–water partition coefficient (Wildman–Crippen LogP) is 3.67. The quantitative estimate of drug-likeness (QED) is 0.637. The lowest BCUT2D eigenvalue weighted by atomic mass is 10.2. The van der Waals surface area contributed by atoms with Gasteiger partial charge in [-0.2, -0.15) is 5.10 Å². The Morgan fingerprint density at radius 1 is 1.46 bits per heavy atom. The molecule has 0 fully saturated rings. The van der Waals surface area contributed by atoms with Crippen molar-refractivity contribution in [3.8, 4) is 10.7 Å². The van der Waals surface area contributed by atoms with Crippen molar-refractivity contribution in [1.82, 2.24) is 25.0 Å². The van der Waals surface area contributed by atoms with Crippen molar-refractivity contribution >= 4 is 45.9 Å². The van der Waals surface area contributed by atoms with Gasteiger partial charge in [-0.25, -0.2) is 0 Å². The first-order valence-corrected chi connectivity index (χ1v) is 9.47. The molecule has 0 spiro atoms. The predicted molar refractivity (Wildman–Crippen MR) is 98.0 cm³/mol. The van der Waals surface area contributed by atoms with Gasteiger partial charge in [0.05, 0.1) is 4.88 Å². The number of rotatable bonds is 6. The van der Waals surface area contributed by atoms with Crippen LogP contribution in [0, 0.1) is 4.77 Å². The molecule has 0 bridgehead atoms. The van der Waals surface area contributed by atoms with E-state index in [1.165, 1.54) is 11.3 Å². The number of amides is 1. The van der Waals surface area contributed by atoms with Crippen LogP contribution < -0.4 is 5.32 Å². The molecule has 0 unspecified atom stereocenters. The summed E-state index contributed by atoms with van der Waals surface area (Å²) in [5.41, 5.74) is 0. The maximum atomic E-state index is 12.1. The number of thiophene rings is 1. The number of anilines is 1. The van der Waals surface area contributed by atoms with Crippen LogP contribution in [0.1, 0.15) is 31.2 Å². The third kappa shape index (κ3) is 3.77. The topological polar surface area (TPSA) is 88.5 Å². The fourth-order valence-corrected chi connectivity index (χ4v) is 3.74. The number of nitrogens with zero attached hydrogens (tertiary/aromatic N) is 4. The molecule has 0 saturated carbocycles. The van der Waals surface area contributed by atoms with E-state index in [9.17, 15) is 4.79 Å². The summed E-state index contributed by atoms with van der Waals surface area (Å²) in [6, 6.07) is 3.93. The van der Waals surface area contributed by atoms with Crippen LogP contribution in [-0.2, 0) is 11.3 Å². The number of carbonyl (C=O) groups excluding carboxylic acids is 1. The fourth-order valence-electron chi connectivity index (χ4n) is 2.03. The summed E-state index contributed by atoms with van der Waals surface area (Å²) in [6.07, 6.45) is 0.281. The van der Waals surface area contributed by atoms with Crippen molar-refractivity contribution in [1.29, 1.82) is 0 Å². The molecule has 3 heterocycles. The molecule has 7 nitrogen and oxygen atoms in total. The summed E-state index contributed by atoms with van der Waals surface area (Å²) < 4.78 is 2.34. The molecular weight excluding hydrogens is 364 g/mol. The normalized spacial score (nSPS) is 11.1. The smallest absolute Gasteiger partial charge is 0.227 e. The van der Waals surface area contributed by atoms with Gasteiger partial charge in [0.25, 0.3) is 0 Å². The molecule has 126 valence electrons. The van der Waals surface area contributed by atoms with E-state index >= 15 is 0 Å². The highest BCUT2D eigenvalue weighted by Crippen LogP contribution is 2.24. The Morgan fingerprint density at radius 2 is 2.29 bits per heavy atom. The van der Waals surface area contributed by atoms with Crippen LogP contribution in [-0.4, -0.2) is 30.9 Å². The minimum atomic E-state index is -0.123.